The molecule has 7 rings (SSSR count). The summed E-state index contributed by atoms with van der Waals surface area (Å²) >= 11 is 0. The van der Waals surface area contributed by atoms with Gasteiger partial charge in [-0.2, -0.15) is 0 Å². The van der Waals surface area contributed by atoms with Crippen molar-refractivity contribution in [2.45, 2.75) is 52.4 Å². The first-order valence-electron chi connectivity index (χ1n) is 14.9. The van der Waals surface area contributed by atoms with E-state index in [2.05, 4.69) is 133 Å². The number of rotatable bonds is 4. The van der Waals surface area contributed by atoms with Crippen LogP contribution in [0.1, 0.15) is 49.9 Å². The first-order chi connectivity index (χ1) is 20.1. The maximum atomic E-state index is 5.31. The number of hydrogen-bond donors (Lipinski definition) is 0. The third kappa shape index (κ3) is 5.94. The molecule has 0 amide bonds. The zero-order valence-corrected chi connectivity index (χ0v) is 31.5. The molecule has 0 unspecified atom stereocenters. The average molecular weight is 756 g/mol. The number of aromatic nitrogens is 1. The second kappa shape index (κ2) is 12.7. The first kappa shape index (κ1) is 34.4. The van der Waals surface area contributed by atoms with Gasteiger partial charge in [0.25, 0.3) is 0 Å². The molecule has 2 aliphatic heterocycles. The van der Waals surface area contributed by atoms with Crippen LogP contribution in [0.3, 0.4) is 0 Å². The van der Waals surface area contributed by atoms with Crippen molar-refractivity contribution in [3.63, 3.8) is 0 Å². The van der Waals surface area contributed by atoms with E-state index >= 15 is 0 Å². The zero-order chi connectivity index (χ0) is 29.2. The minimum atomic E-state index is 0. The Balaban J connectivity index is 0.00000154. The van der Waals surface area contributed by atoms with Crippen molar-refractivity contribution in [1.29, 1.82) is 0 Å². The van der Waals surface area contributed by atoms with Crippen LogP contribution < -0.4 is 0 Å². The average Bonchev–Trinajstić information content (AvgIpc) is 3.46. The molecule has 45 heavy (non-hydrogen) atoms. The SMILES string of the molecule is Cc1cc(-c2ccccc2-c2cccc(-c3ccccc3-c3cc(C)cc4c3[N-]CC4(C)C)n2)c2c(c1)C(C)(C)C[N-]2.[CH3-].[CH3-].[Hf]. The molecule has 4 heteroatoms. The summed E-state index contributed by atoms with van der Waals surface area (Å²) in [6, 6.07) is 32.8. The van der Waals surface area contributed by atoms with Gasteiger partial charge in [0.15, 0.2) is 0 Å². The monoisotopic (exact) mass is 757 g/mol. The van der Waals surface area contributed by atoms with Crippen LogP contribution in [0.15, 0.2) is 91.0 Å². The van der Waals surface area contributed by atoms with Gasteiger partial charge >= 0.3 is 0 Å². The van der Waals surface area contributed by atoms with Gasteiger partial charge in [0.05, 0.1) is 11.4 Å². The predicted octanol–water partition coefficient (Wildman–Crippen LogP) is 11.9. The van der Waals surface area contributed by atoms with Crippen molar-refractivity contribution < 1.29 is 25.8 Å². The summed E-state index contributed by atoms with van der Waals surface area (Å²) in [5.41, 5.74) is 16.4. The Labute approximate surface area is 289 Å². The van der Waals surface area contributed by atoms with Gasteiger partial charge in [-0.15, -0.1) is 24.5 Å². The Hall–Kier alpha value is -3.50. The normalized spacial score (nSPS) is 14.9. The van der Waals surface area contributed by atoms with Gasteiger partial charge in [-0.25, -0.2) is 4.98 Å². The molecular formula is C41H43HfN3-4. The summed E-state index contributed by atoms with van der Waals surface area (Å²) in [6.07, 6.45) is 0. The summed E-state index contributed by atoms with van der Waals surface area (Å²) in [5.74, 6) is 0. The molecule has 0 N–H and O–H groups in total. The molecule has 1 aromatic heterocycles. The summed E-state index contributed by atoms with van der Waals surface area (Å²) < 4.78 is 0. The molecule has 5 aromatic rings. The summed E-state index contributed by atoms with van der Waals surface area (Å²) in [4.78, 5) is 5.31. The Bertz CT molecular complexity index is 1740. The number of benzene rings is 4. The number of fused-ring (bicyclic) bond motifs is 2. The minimum absolute atomic E-state index is 0. The molecule has 4 aromatic carbocycles. The molecule has 0 bridgehead atoms. The number of aryl methyl sites for hydroxylation is 2. The van der Waals surface area contributed by atoms with E-state index in [9.17, 15) is 0 Å². The van der Waals surface area contributed by atoms with Gasteiger partial charge in [0, 0.05) is 37.0 Å². The minimum Gasteiger partial charge on any atom is -0.683 e. The van der Waals surface area contributed by atoms with Crippen molar-refractivity contribution in [1.82, 2.24) is 4.98 Å². The van der Waals surface area contributed by atoms with E-state index in [-0.39, 0.29) is 51.5 Å². The largest absolute Gasteiger partial charge is 0.683 e. The predicted molar refractivity (Wildman–Crippen MR) is 190 cm³/mol. The van der Waals surface area contributed by atoms with Crippen LogP contribution in [0, 0.1) is 28.7 Å². The second-order valence-corrected chi connectivity index (χ2v) is 13.3. The van der Waals surface area contributed by atoms with Crippen molar-refractivity contribution in [2.75, 3.05) is 13.1 Å². The van der Waals surface area contributed by atoms with E-state index in [1.165, 1.54) is 44.5 Å². The molecule has 0 spiro atoms. The third-order valence-corrected chi connectivity index (χ3v) is 8.97. The number of pyridine rings is 1. The number of nitrogens with zero attached hydrogens (tertiary/aromatic N) is 3. The summed E-state index contributed by atoms with van der Waals surface area (Å²) in [5, 5.41) is 10.1. The molecule has 3 heterocycles. The van der Waals surface area contributed by atoms with E-state index in [1.807, 2.05) is 0 Å². The van der Waals surface area contributed by atoms with Gasteiger partial charge in [0.2, 0.25) is 0 Å². The van der Waals surface area contributed by atoms with Crippen LogP contribution in [0.2, 0.25) is 0 Å². The summed E-state index contributed by atoms with van der Waals surface area (Å²) in [7, 11) is 0. The Morgan fingerprint density at radius 2 is 0.889 bits per heavy atom. The maximum absolute atomic E-state index is 5.31. The first-order valence-corrected chi connectivity index (χ1v) is 14.9. The fourth-order valence-electron chi connectivity index (χ4n) is 6.68. The molecular weight excluding hydrogens is 713 g/mol. The van der Waals surface area contributed by atoms with Gasteiger partial charge in [-0.05, 0) is 59.1 Å². The van der Waals surface area contributed by atoms with E-state index in [1.54, 1.807) is 0 Å². The maximum Gasteiger partial charge on any atom is 0.0715 e. The van der Waals surface area contributed by atoms with Crippen LogP contribution in [0.5, 0.6) is 0 Å². The van der Waals surface area contributed by atoms with Crippen LogP contribution >= 0.6 is 0 Å². The van der Waals surface area contributed by atoms with Crippen molar-refractivity contribution in [3.8, 4) is 44.8 Å². The molecule has 0 atom stereocenters. The topological polar surface area (TPSA) is 41.1 Å². The van der Waals surface area contributed by atoms with Crippen LogP contribution in [0.25, 0.3) is 55.4 Å². The Morgan fingerprint density at radius 3 is 1.29 bits per heavy atom. The van der Waals surface area contributed by atoms with Gasteiger partial charge in [-0.3, -0.25) is 0 Å². The van der Waals surface area contributed by atoms with Gasteiger partial charge in [-0.1, -0.05) is 129 Å². The van der Waals surface area contributed by atoms with E-state index < -0.39 is 0 Å². The quantitative estimate of drug-likeness (QED) is 0.133. The van der Waals surface area contributed by atoms with Gasteiger partial charge < -0.3 is 25.5 Å². The van der Waals surface area contributed by atoms with Gasteiger partial charge in [0.1, 0.15) is 0 Å². The molecule has 0 radical (unpaired) electrons. The third-order valence-electron chi connectivity index (χ3n) is 8.97. The summed E-state index contributed by atoms with van der Waals surface area (Å²) in [6.45, 7) is 15.2. The molecule has 0 saturated carbocycles. The Morgan fingerprint density at radius 1 is 0.511 bits per heavy atom. The number of hydrogen-bond acceptors (Lipinski definition) is 1. The molecule has 0 saturated heterocycles. The van der Waals surface area contributed by atoms with Crippen molar-refractivity contribution in [2.24, 2.45) is 0 Å². The molecule has 0 aliphatic carbocycles. The fraction of sp³-hybridized carbons (Fsp3) is 0.244. The van der Waals surface area contributed by atoms with Crippen LogP contribution in [-0.2, 0) is 36.7 Å². The van der Waals surface area contributed by atoms with E-state index in [4.69, 9.17) is 15.6 Å². The molecule has 230 valence electrons. The van der Waals surface area contributed by atoms with Crippen molar-refractivity contribution in [3.05, 3.63) is 139 Å². The van der Waals surface area contributed by atoms with Crippen LogP contribution in [-0.4, -0.2) is 18.1 Å². The zero-order valence-electron chi connectivity index (χ0n) is 27.9. The molecule has 2 aliphatic rings. The van der Waals surface area contributed by atoms with E-state index in [0.29, 0.717) is 0 Å². The van der Waals surface area contributed by atoms with Crippen molar-refractivity contribution >= 4 is 11.4 Å². The fourth-order valence-corrected chi connectivity index (χ4v) is 6.68. The molecule has 0 fully saturated rings. The van der Waals surface area contributed by atoms with E-state index in [0.717, 1.165) is 47.0 Å². The van der Waals surface area contributed by atoms with Crippen LogP contribution in [0.4, 0.5) is 11.4 Å². The second-order valence-electron chi connectivity index (χ2n) is 13.3. The Kier molecular flexibility index (Phi) is 9.71. The standard InChI is InChI=1S/C39H37N3.2CH3.Hf/c1-24-18-30(36-32(20-24)38(3,4)22-40-36)26-12-7-9-14-28(26)34-16-11-17-35(42-34)29-15-10-8-13-27(29)31-19-25(2)21-33-37(31)41-23-39(33,5)6;;;/h7-21H,22-23H2,1-6H3;2*1H3;/q-2;2*-1;. The molecule has 3 nitrogen and oxygen atoms in total. The smallest absolute Gasteiger partial charge is 0.0715 e.